The predicted molar refractivity (Wildman–Crippen MR) is 98.4 cm³/mol. The molecule has 3 aromatic rings. The first-order valence-electron chi connectivity index (χ1n) is 8.35. The second kappa shape index (κ2) is 7.30. The third-order valence-corrected chi connectivity index (χ3v) is 4.27. The molecule has 0 fully saturated rings. The minimum Gasteiger partial charge on any atom is -0.350 e. The van der Waals surface area contributed by atoms with E-state index >= 15 is 0 Å². The van der Waals surface area contributed by atoms with E-state index in [0.717, 1.165) is 5.56 Å². The number of aromatic nitrogens is 2. The highest BCUT2D eigenvalue weighted by Crippen LogP contribution is 2.13. The van der Waals surface area contributed by atoms with Crippen LogP contribution >= 0.6 is 0 Å². The highest BCUT2D eigenvalue weighted by molar-refractivity contribution is 5.77. The van der Waals surface area contributed by atoms with E-state index in [-0.39, 0.29) is 23.9 Å². The van der Waals surface area contributed by atoms with E-state index in [4.69, 9.17) is 0 Å². The van der Waals surface area contributed by atoms with Crippen molar-refractivity contribution in [3.8, 4) is 0 Å². The fraction of sp³-hybridized carbons (Fsp3) is 0.250. The van der Waals surface area contributed by atoms with Crippen LogP contribution in [0.25, 0.3) is 10.9 Å². The molecule has 3 rings (SSSR count). The fourth-order valence-electron chi connectivity index (χ4n) is 2.74. The van der Waals surface area contributed by atoms with Crippen LogP contribution in [0.15, 0.2) is 59.7 Å². The number of carbonyl (C=O) groups is 1. The number of carbonyl (C=O) groups excluding carboxylic acids is 1. The number of nitrogens with one attached hydrogen (secondary N) is 1. The molecule has 128 valence electrons. The van der Waals surface area contributed by atoms with Crippen LogP contribution in [-0.4, -0.2) is 15.5 Å². The molecule has 1 aromatic heterocycles. The van der Waals surface area contributed by atoms with Crippen LogP contribution < -0.4 is 10.9 Å². The van der Waals surface area contributed by atoms with Crippen molar-refractivity contribution in [2.45, 2.75) is 32.9 Å². The van der Waals surface area contributed by atoms with Gasteiger partial charge in [-0.15, -0.1) is 0 Å². The Morgan fingerprint density at radius 2 is 1.88 bits per heavy atom. The molecule has 0 bridgehead atoms. The molecule has 25 heavy (non-hydrogen) atoms. The SMILES string of the molecule is Cc1ccc(C(C)NC(=O)CCn2cnc3ccccc3c2=O)cc1. The van der Waals surface area contributed by atoms with Gasteiger partial charge in [0.2, 0.25) is 5.91 Å². The van der Waals surface area contributed by atoms with E-state index in [0.29, 0.717) is 17.4 Å². The number of amides is 1. The Morgan fingerprint density at radius 1 is 1.16 bits per heavy atom. The summed E-state index contributed by atoms with van der Waals surface area (Å²) in [6, 6.07) is 15.2. The summed E-state index contributed by atoms with van der Waals surface area (Å²) in [5.74, 6) is -0.0897. The first-order chi connectivity index (χ1) is 12.0. The van der Waals surface area contributed by atoms with Crippen molar-refractivity contribution in [2.24, 2.45) is 0 Å². The number of para-hydroxylation sites is 1. The highest BCUT2D eigenvalue weighted by Gasteiger charge is 2.10. The molecule has 1 unspecified atom stereocenters. The van der Waals surface area contributed by atoms with Gasteiger partial charge in [0.15, 0.2) is 0 Å². The van der Waals surface area contributed by atoms with Crippen molar-refractivity contribution in [1.82, 2.24) is 14.9 Å². The normalized spacial score (nSPS) is 12.1. The molecule has 1 atom stereocenters. The van der Waals surface area contributed by atoms with Crippen LogP contribution in [-0.2, 0) is 11.3 Å². The molecule has 1 heterocycles. The summed E-state index contributed by atoms with van der Waals surface area (Å²) in [7, 11) is 0. The quantitative estimate of drug-likeness (QED) is 0.779. The van der Waals surface area contributed by atoms with Gasteiger partial charge in [-0.05, 0) is 31.5 Å². The van der Waals surface area contributed by atoms with Crippen LogP contribution in [0.2, 0.25) is 0 Å². The summed E-state index contributed by atoms with van der Waals surface area (Å²) in [4.78, 5) is 28.9. The van der Waals surface area contributed by atoms with Gasteiger partial charge in [-0.2, -0.15) is 0 Å². The number of hydrogen-bond acceptors (Lipinski definition) is 3. The van der Waals surface area contributed by atoms with E-state index in [9.17, 15) is 9.59 Å². The molecular weight excluding hydrogens is 314 g/mol. The number of aryl methyl sites for hydroxylation is 2. The molecule has 0 aliphatic rings. The van der Waals surface area contributed by atoms with Crippen molar-refractivity contribution in [1.29, 1.82) is 0 Å². The maximum absolute atomic E-state index is 12.4. The van der Waals surface area contributed by atoms with Crippen molar-refractivity contribution in [2.75, 3.05) is 0 Å². The van der Waals surface area contributed by atoms with Crippen LogP contribution in [0, 0.1) is 6.92 Å². The molecule has 1 N–H and O–H groups in total. The Bertz CT molecular complexity index is 945. The third kappa shape index (κ3) is 3.94. The molecule has 5 nitrogen and oxygen atoms in total. The van der Waals surface area contributed by atoms with Gasteiger partial charge in [-0.25, -0.2) is 4.98 Å². The maximum Gasteiger partial charge on any atom is 0.261 e. The Kier molecular flexibility index (Phi) is 4.93. The van der Waals surface area contributed by atoms with E-state index in [1.54, 1.807) is 12.1 Å². The molecular formula is C20H21N3O2. The molecule has 5 heteroatoms. The summed E-state index contributed by atoms with van der Waals surface area (Å²) < 4.78 is 1.48. The molecule has 0 saturated heterocycles. The lowest BCUT2D eigenvalue weighted by Gasteiger charge is -2.15. The lowest BCUT2D eigenvalue weighted by Crippen LogP contribution is -2.29. The van der Waals surface area contributed by atoms with Crippen molar-refractivity contribution in [3.63, 3.8) is 0 Å². The lowest BCUT2D eigenvalue weighted by atomic mass is 10.1. The van der Waals surface area contributed by atoms with Crippen LogP contribution in [0.4, 0.5) is 0 Å². The fourth-order valence-corrected chi connectivity index (χ4v) is 2.74. The van der Waals surface area contributed by atoms with Gasteiger partial charge in [-0.3, -0.25) is 14.2 Å². The first kappa shape index (κ1) is 16.9. The highest BCUT2D eigenvalue weighted by atomic mass is 16.2. The minimum absolute atomic E-state index is 0.0699. The van der Waals surface area contributed by atoms with E-state index in [1.807, 2.05) is 50.2 Å². The maximum atomic E-state index is 12.4. The average molecular weight is 335 g/mol. The van der Waals surface area contributed by atoms with Gasteiger partial charge in [0.1, 0.15) is 0 Å². The van der Waals surface area contributed by atoms with Crippen molar-refractivity contribution in [3.05, 3.63) is 76.3 Å². The molecule has 0 spiro atoms. The van der Waals surface area contributed by atoms with Gasteiger partial charge in [0.25, 0.3) is 5.56 Å². The number of fused-ring (bicyclic) bond motifs is 1. The molecule has 0 saturated carbocycles. The summed E-state index contributed by atoms with van der Waals surface area (Å²) >= 11 is 0. The zero-order valence-corrected chi connectivity index (χ0v) is 14.4. The zero-order valence-electron chi connectivity index (χ0n) is 14.4. The predicted octanol–water partition coefficient (Wildman–Crippen LogP) is 2.97. The summed E-state index contributed by atoms with van der Waals surface area (Å²) in [6.45, 7) is 4.29. The Morgan fingerprint density at radius 3 is 2.64 bits per heavy atom. The number of hydrogen-bond donors (Lipinski definition) is 1. The second-order valence-corrected chi connectivity index (χ2v) is 6.21. The van der Waals surface area contributed by atoms with Crippen molar-refractivity contribution < 1.29 is 4.79 Å². The van der Waals surface area contributed by atoms with Gasteiger partial charge >= 0.3 is 0 Å². The van der Waals surface area contributed by atoms with Crippen LogP contribution in [0.5, 0.6) is 0 Å². The summed E-state index contributed by atoms with van der Waals surface area (Å²) in [6.07, 6.45) is 1.73. The molecule has 0 aliphatic carbocycles. The monoisotopic (exact) mass is 335 g/mol. The zero-order chi connectivity index (χ0) is 17.8. The average Bonchev–Trinajstić information content (AvgIpc) is 2.62. The Hall–Kier alpha value is -2.95. The van der Waals surface area contributed by atoms with E-state index in [2.05, 4.69) is 10.3 Å². The van der Waals surface area contributed by atoms with E-state index < -0.39 is 0 Å². The van der Waals surface area contributed by atoms with E-state index in [1.165, 1.54) is 16.5 Å². The van der Waals surface area contributed by atoms with Gasteiger partial charge < -0.3 is 5.32 Å². The van der Waals surface area contributed by atoms with Gasteiger partial charge in [0, 0.05) is 13.0 Å². The van der Waals surface area contributed by atoms with Crippen LogP contribution in [0.1, 0.15) is 30.5 Å². The molecule has 0 radical (unpaired) electrons. The standard InChI is InChI=1S/C20H21N3O2/c1-14-7-9-16(10-8-14)15(2)22-19(24)11-12-23-13-21-18-6-4-3-5-17(18)20(23)25/h3-10,13,15H,11-12H2,1-2H3,(H,22,24). The topological polar surface area (TPSA) is 64.0 Å². The van der Waals surface area contributed by atoms with Crippen molar-refractivity contribution >= 4 is 16.8 Å². The van der Waals surface area contributed by atoms with Gasteiger partial charge in [0.05, 0.1) is 23.3 Å². The molecule has 1 amide bonds. The number of nitrogens with zero attached hydrogens (tertiary/aromatic N) is 2. The summed E-state index contributed by atoms with van der Waals surface area (Å²) in [5, 5.41) is 3.54. The van der Waals surface area contributed by atoms with Crippen LogP contribution in [0.3, 0.4) is 0 Å². The first-order valence-corrected chi connectivity index (χ1v) is 8.35. The summed E-state index contributed by atoms with van der Waals surface area (Å²) in [5.41, 5.74) is 2.79. The largest absolute Gasteiger partial charge is 0.350 e. The Balaban J connectivity index is 1.63. The Labute approximate surface area is 146 Å². The third-order valence-electron chi connectivity index (χ3n) is 4.27. The molecule has 2 aromatic carbocycles. The number of benzene rings is 2. The second-order valence-electron chi connectivity index (χ2n) is 6.21. The smallest absolute Gasteiger partial charge is 0.261 e. The number of rotatable bonds is 5. The van der Waals surface area contributed by atoms with Gasteiger partial charge in [-0.1, -0.05) is 42.0 Å². The lowest BCUT2D eigenvalue weighted by molar-refractivity contribution is -0.121. The minimum atomic E-state index is -0.120. The molecule has 0 aliphatic heterocycles.